The molecular weight excluding hydrogens is 266 g/mol. The van der Waals surface area contributed by atoms with Crippen LogP contribution in [0.3, 0.4) is 0 Å². The van der Waals surface area contributed by atoms with Gasteiger partial charge in [-0.1, -0.05) is 6.07 Å². The molecule has 0 unspecified atom stereocenters. The standard InChI is InChI=1S/C16H19N3O2/c1-11-8-13(17)10-19-16(11)18-5-4-12-2-3-14-15(9-12)21-7-6-20-14/h2-3,8-10H,4-7,17H2,1H3,(H,18,19). The van der Waals surface area contributed by atoms with Crippen LogP contribution in [0.1, 0.15) is 11.1 Å². The summed E-state index contributed by atoms with van der Waals surface area (Å²) in [6.07, 6.45) is 2.56. The first-order chi connectivity index (χ1) is 10.2. The Kier molecular flexibility index (Phi) is 3.81. The van der Waals surface area contributed by atoms with Crippen molar-refractivity contribution >= 4 is 11.5 Å². The van der Waals surface area contributed by atoms with Gasteiger partial charge in [0.2, 0.25) is 0 Å². The van der Waals surface area contributed by atoms with E-state index in [1.54, 1.807) is 6.20 Å². The Morgan fingerprint density at radius 2 is 2.00 bits per heavy atom. The van der Waals surface area contributed by atoms with Gasteiger partial charge in [0, 0.05) is 6.54 Å². The second kappa shape index (κ2) is 5.91. The van der Waals surface area contributed by atoms with Crippen molar-refractivity contribution in [3.05, 3.63) is 41.6 Å². The lowest BCUT2D eigenvalue weighted by Crippen LogP contribution is -2.15. The summed E-state index contributed by atoms with van der Waals surface area (Å²) in [4.78, 5) is 4.30. The van der Waals surface area contributed by atoms with Gasteiger partial charge < -0.3 is 20.5 Å². The van der Waals surface area contributed by atoms with Crippen LogP contribution in [0.4, 0.5) is 11.5 Å². The van der Waals surface area contributed by atoms with Crippen molar-refractivity contribution in [3.8, 4) is 11.5 Å². The molecule has 3 N–H and O–H groups in total. The van der Waals surface area contributed by atoms with Crippen molar-refractivity contribution in [2.75, 3.05) is 30.8 Å². The number of nitrogens with one attached hydrogen (secondary N) is 1. The van der Waals surface area contributed by atoms with Crippen LogP contribution < -0.4 is 20.5 Å². The minimum atomic E-state index is 0.614. The Morgan fingerprint density at radius 1 is 1.19 bits per heavy atom. The Hall–Kier alpha value is -2.43. The fraction of sp³-hybridized carbons (Fsp3) is 0.312. The third kappa shape index (κ3) is 3.18. The van der Waals surface area contributed by atoms with E-state index >= 15 is 0 Å². The number of aromatic nitrogens is 1. The van der Waals surface area contributed by atoms with Crippen molar-refractivity contribution in [3.63, 3.8) is 0 Å². The minimum Gasteiger partial charge on any atom is -0.486 e. The lowest BCUT2D eigenvalue weighted by Gasteiger charge is -2.19. The van der Waals surface area contributed by atoms with Crippen LogP contribution in [0.25, 0.3) is 0 Å². The first-order valence-electron chi connectivity index (χ1n) is 7.07. The second-order valence-corrected chi connectivity index (χ2v) is 5.09. The summed E-state index contributed by atoms with van der Waals surface area (Å²) in [5, 5.41) is 3.33. The van der Waals surface area contributed by atoms with E-state index in [1.807, 2.05) is 25.1 Å². The topological polar surface area (TPSA) is 69.4 Å². The number of nitrogens with two attached hydrogens (primary N) is 1. The fourth-order valence-electron chi connectivity index (χ4n) is 2.35. The molecule has 0 saturated heterocycles. The molecular formula is C16H19N3O2. The maximum atomic E-state index is 5.70. The van der Waals surface area contributed by atoms with Crippen LogP contribution in [-0.4, -0.2) is 24.7 Å². The molecule has 1 aliphatic heterocycles. The highest BCUT2D eigenvalue weighted by atomic mass is 16.6. The molecule has 110 valence electrons. The first kappa shape index (κ1) is 13.5. The molecule has 0 radical (unpaired) electrons. The van der Waals surface area contributed by atoms with Gasteiger partial charge >= 0.3 is 0 Å². The molecule has 0 atom stereocenters. The van der Waals surface area contributed by atoms with E-state index in [2.05, 4.69) is 16.4 Å². The molecule has 1 aromatic carbocycles. The van der Waals surface area contributed by atoms with E-state index in [1.165, 1.54) is 5.56 Å². The highest BCUT2D eigenvalue weighted by Gasteiger charge is 2.11. The number of benzene rings is 1. The van der Waals surface area contributed by atoms with E-state index in [4.69, 9.17) is 15.2 Å². The van der Waals surface area contributed by atoms with Gasteiger partial charge in [-0.05, 0) is 42.7 Å². The van der Waals surface area contributed by atoms with Crippen LogP contribution in [-0.2, 0) is 6.42 Å². The zero-order valence-corrected chi connectivity index (χ0v) is 12.1. The summed E-state index contributed by atoms with van der Waals surface area (Å²) in [5.41, 5.74) is 8.64. The van der Waals surface area contributed by atoms with Crippen molar-refractivity contribution in [1.29, 1.82) is 0 Å². The van der Waals surface area contributed by atoms with Gasteiger partial charge in [0.05, 0.1) is 11.9 Å². The number of pyridine rings is 1. The predicted molar refractivity (Wildman–Crippen MR) is 83.0 cm³/mol. The van der Waals surface area contributed by atoms with Crippen molar-refractivity contribution in [1.82, 2.24) is 4.98 Å². The maximum absolute atomic E-state index is 5.70. The monoisotopic (exact) mass is 285 g/mol. The third-order valence-electron chi connectivity index (χ3n) is 3.41. The van der Waals surface area contributed by atoms with E-state index in [0.29, 0.717) is 18.9 Å². The van der Waals surface area contributed by atoms with E-state index in [0.717, 1.165) is 35.8 Å². The summed E-state index contributed by atoms with van der Waals surface area (Å²) in [6.45, 7) is 4.03. The van der Waals surface area contributed by atoms with Crippen molar-refractivity contribution < 1.29 is 9.47 Å². The van der Waals surface area contributed by atoms with Gasteiger partial charge in [0.15, 0.2) is 11.5 Å². The molecule has 21 heavy (non-hydrogen) atoms. The van der Waals surface area contributed by atoms with E-state index < -0.39 is 0 Å². The number of fused-ring (bicyclic) bond motifs is 1. The molecule has 5 nitrogen and oxygen atoms in total. The second-order valence-electron chi connectivity index (χ2n) is 5.09. The number of ether oxygens (including phenoxy) is 2. The average molecular weight is 285 g/mol. The summed E-state index contributed by atoms with van der Waals surface area (Å²) in [7, 11) is 0. The molecule has 5 heteroatoms. The Labute approximate surface area is 124 Å². The quantitative estimate of drug-likeness (QED) is 0.902. The molecule has 0 aliphatic carbocycles. The van der Waals surface area contributed by atoms with E-state index in [9.17, 15) is 0 Å². The summed E-state index contributed by atoms with van der Waals surface area (Å²) >= 11 is 0. The molecule has 2 aromatic rings. The number of nitrogens with zero attached hydrogens (tertiary/aromatic N) is 1. The highest BCUT2D eigenvalue weighted by Crippen LogP contribution is 2.30. The number of anilines is 2. The fourth-order valence-corrected chi connectivity index (χ4v) is 2.35. The lowest BCUT2D eigenvalue weighted by atomic mass is 10.1. The van der Waals surface area contributed by atoms with Crippen molar-refractivity contribution in [2.45, 2.75) is 13.3 Å². The largest absolute Gasteiger partial charge is 0.486 e. The normalized spacial score (nSPS) is 13.0. The number of rotatable bonds is 4. The first-order valence-corrected chi connectivity index (χ1v) is 7.07. The van der Waals surface area contributed by atoms with Gasteiger partial charge in [-0.2, -0.15) is 0 Å². The van der Waals surface area contributed by atoms with E-state index in [-0.39, 0.29) is 0 Å². The summed E-state index contributed by atoms with van der Waals surface area (Å²) in [5.74, 6) is 2.54. The van der Waals surface area contributed by atoms with Gasteiger partial charge in [-0.25, -0.2) is 4.98 Å². The van der Waals surface area contributed by atoms with Crippen LogP contribution in [0.5, 0.6) is 11.5 Å². The molecule has 0 spiro atoms. The third-order valence-corrected chi connectivity index (χ3v) is 3.41. The number of hydrogen-bond donors (Lipinski definition) is 2. The molecule has 1 aliphatic rings. The van der Waals surface area contributed by atoms with Crippen LogP contribution in [0.15, 0.2) is 30.5 Å². The summed E-state index contributed by atoms with van der Waals surface area (Å²) in [6, 6.07) is 7.99. The predicted octanol–water partition coefficient (Wildman–Crippen LogP) is 2.40. The Bertz CT molecular complexity index is 643. The lowest BCUT2D eigenvalue weighted by molar-refractivity contribution is 0.171. The number of nitrogen functional groups attached to an aromatic ring is 1. The smallest absolute Gasteiger partial charge is 0.161 e. The summed E-state index contributed by atoms with van der Waals surface area (Å²) < 4.78 is 11.1. The van der Waals surface area contributed by atoms with Gasteiger partial charge in [-0.15, -0.1) is 0 Å². The Balaban J connectivity index is 1.60. The van der Waals surface area contributed by atoms with Crippen LogP contribution >= 0.6 is 0 Å². The molecule has 2 heterocycles. The maximum Gasteiger partial charge on any atom is 0.161 e. The highest BCUT2D eigenvalue weighted by molar-refractivity contribution is 5.51. The minimum absolute atomic E-state index is 0.614. The average Bonchev–Trinajstić information content (AvgIpc) is 2.49. The molecule has 3 rings (SSSR count). The van der Waals surface area contributed by atoms with Crippen LogP contribution in [0.2, 0.25) is 0 Å². The molecule has 0 fully saturated rings. The van der Waals surface area contributed by atoms with Gasteiger partial charge in [-0.3, -0.25) is 0 Å². The number of aryl methyl sites for hydroxylation is 1. The van der Waals surface area contributed by atoms with Crippen LogP contribution in [0, 0.1) is 6.92 Å². The molecule has 1 aromatic heterocycles. The van der Waals surface area contributed by atoms with Gasteiger partial charge in [0.25, 0.3) is 0 Å². The Morgan fingerprint density at radius 3 is 2.81 bits per heavy atom. The zero-order valence-electron chi connectivity index (χ0n) is 12.1. The SMILES string of the molecule is Cc1cc(N)cnc1NCCc1ccc2c(c1)OCCO2. The molecule has 0 bridgehead atoms. The number of hydrogen-bond acceptors (Lipinski definition) is 5. The molecule has 0 saturated carbocycles. The molecule has 0 amide bonds. The zero-order chi connectivity index (χ0) is 14.7. The van der Waals surface area contributed by atoms with Gasteiger partial charge in [0.1, 0.15) is 19.0 Å². The van der Waals surface area contributed by atoms with Crippen molar-refractivity contribution in [2.24, 2.45) is 0 Å².